The van der Waals surface area contributed by atoms with Crippen molar-refractivity contribution in [2.24, 2.45) is 0 Å². The predicted molar refractivity (Wildman–Crippen MR) is 50.7 cm³/mol. The summed E-state index contributed by atoms with van der Waals surface area (Å²) in [7, 11) is -3.62. The van der Waals surface area contributed by atoms with Gasteiger partial charge in [-0.05, 0) is 24.3 Å². The second-order valence-corrected chi connectivity index (χ2v) is 5.03. The lowest BCUT2D eigenvalue weighted by atomic mass is 10.4. The summed E-state index contributed by atoms with van der Waals surface area (Å²) < 4.78 is 35.4. The Labute approximate surface area is 86.3 Å². The molecule has 0 aromatic heterocycles. The van der Waals surface area contributed by atoms with E-state index in [1.165, 1.54) is 0 Å². The lowest BCUT2D eigenvalue weighted by Gasteiger charge is -2.01. The van der Waals surface area contributed by atoms with Gasteiger partial charge in [-0.15, -0.1) is 0 Å². The summed E-state index contributed by atoms with van der Waals surface area (Å²) >= 11 is 0. The van der Waals surface area contributed by atoms with Gasteiger partial charge in [0.25, 0.3) is 0 Å². The molecule has 0 aliphatic heterocycles. The lowest BCUT2D eigenvalue weighted by molar-refractivity contribution is -0.136. The van der Waals surface area contributed by atoms with Gasteiger partial charge in [0.05, 0.1) is 17.1 Å². The van der Waals surface area contributed by atoms with E-state index in [2.05, 4.69) is 0 Å². The molecular weight excluding hydrogens is 223 g/mol. The van der Waals surface area contributed by atoms with E-state index >= 15 is 0 Å². The number of benzene rings is 1. The highest BCUT2D eigenvalue weighted by Crippen LogP contribution is 2.12. The number of carboxylic acid groups (broad SMARTS) is 1. The minimum atomic E-state index is -3.62. The third kappa shape index (κ3) is 3.32. The molecule has 1 N–H and O–H groups in total. The Hall–Kier alpha value is -1.43. The number of hydrogen-bond donors (Lipinski definition) is 1. The molecule has 15 heavy (non-hydrogen) atoms. The van der Waals surface area contributed by atoms with Crippen molar-refractivity contribution < 1.29 is 22.7 Å². The topological polar surface area (TPSA) is 71.4 Å². The predicted octanol–water partition coefficient (Wildman–Crippen LogP) is 1.07. The number of carboxylic acids is 1. The highest BCUT2D eigenvalue weighted by atomic mass is 32.2. The summed E-state index contributed by atoms with van der Waals surface area (Å²) in [5.41, 5.74) is 0. The molecule has 1 aromatic carbocycles. The molecule has 0 heterocycles. The Morgan fingerprint density at radius 1 is 1.27 bits per heavy atom. The number of rotatable bonds is 4. The Balaban J connectivity index is 2.87. The summed E-state index contributed by atoms with van der Waals surface area (Å²) in [6.07, 6.45) is -0.459. The van der Waals surface area contributed by atoms with Gasteiger partial charge < -0.3 is 5.11 Å². The van der Waals surface area contributed by atoms with Crippen LogP contribution in [0.1, 0.15) is 6.42 Å². The standard InChI is InChI=1S/C9H9FO4S/c10-7-1-3-8(4-2-7)15(13,14)6-5-9(11)12/h1-4H,5-6H2,(H,11,12). The Bertz CT molecular complexity index is 450. The molecule has 1 rings (SSSR count). The molecule has 0 aliphatic carbocycles. The third-order valence-corrected chi connectivity index (χ3v) is 3.49. The zero-order valence-electron chi connectivity index (χ0n) is 7.68. The summed E-state index contributed by atoms with van der Waals surface area (Å²) in [6, 6.07) is 4.28. The minimum absolute atomic E-state index is 0.0647. The molecule has 0 saturated carbocycles. The van der Waals surface area contributed by atoms with E-state index in [1.54, 1.807) is 0 Å². The number of carbonyl (C=O) groups is 1. The molecule has 0 saturated heterocycles. The van der Waals surface area contributed by atoms with Gasteiger partial charge in [-0.1, -0.05) is 0 Å². The first-order valence-corrected chi connectivity index (χ1v) is 5.77. The monoisotopic (exact) mass is 232 g/mol. The third-order valence-electron chi connectivity index (χ3n) is 1.76. The van der Waals surface area contributed by atoms with E-state index in [9.17, 15) is 17.6 Å². The van der Waals surface area contributed by atoms with Gasteiger partial charge in [0.15, 0.2) is 9.84 Å². The fraction of sp³-hybridized carbons (Fsp3) is 0.222. The van der Waals surface area contributed by atoms with Crippen LogP contribution in [0, 0.1) is 5.82 Å². The first kappa shape index (κ1) is 11.6. The molecule has 4 nitrogen and oxygen atoms in total. The van der Waals surface area contributed by atoms with Crippen LogP contribution in [-0.4, -0.2) is 25.2 Å². The number of halogens is 1. The first-order valence-electron chi connectivity index (χ1n) is 4.12. The largest absolute Gasteiger partial charge is 0.481 e. The normalized spacial score (nSPS) is 11.3. The molecule has 0 radical (unpaired) electrons. The summed E-state index contributed by atoms with van der Waals surface area (Å²) in [6.45, 7) is 0. The Kier molecular flexibility index (Phi) is 3.41. The highest BCUT2D eigenvalue weighted by molar-refractivity contribution is 7.91. The number of aliphatic carboxylic acids is 1. The second-order valence-electron chi connectivity index (χ2n) is 2.92. The molecule has 0 bridgehead atoms. The smallest absolute Gasteiger partial charge is 0.304 e. The van der Waals surface area contributed by atoms with Crippen molar-refractivity contribution >= 4 is 15.8 Å². The second kappa shape index (κ2) is 4.39. The van der Waals surface area contributed by atoms with Crippen molar-refractivity contribution in [2.45, 2.75) is 11.3 Å². The van der Waals surface area contributed by atoms with E-state index in [0.717, 1.165) is 24.3 Å². The minimum Gasteiger partial charge on any atom is -0.481 e. The molecule has 0 unspecified atom stereocenters. The molecule has 82 valence electrons. The average molecular weight is 232 g/mol. The van der Waals surface area contributed by atoms with Crippen molar-refractivity contribution in [3.05, 3.63) is 30.1 Å². The highest BCUT2D eigenvalue weighted by Gasteiger charge is 2.15. The van der Waals surface area contributed by atoms with Gasteiger partial charge in [-0.2, -0.15) is 0 Å². The SMILES string of the molecule is O=C(O)CCS(=O)(=O)c1ccc(F)cc1. The van der Waals surface area contributed by atoms with Crippen LogP contribution < -0.4 is 0 Å². The molecule has 1 aromatic rings. The molecule has 0 spiro atoms. The molecule has 0 atom stereocenters. The van der Waals surface area contributed by atoms with Crippen LogP contribution in [0.15, 0.2) is 29.2 Å². The summed E-state index contributed by atoms with van der Waals surface area (Å²) in [4.78, 5) is 10.1. The van der Waals surface area contributed by atoms with Gasteiger partial charge in [0.1, 0.15) is 5.82 Å². The van der Waals surface area contributed by atoms with Crippen molar-refractivity contribution in [3.63, 3.8) is 0 Å². The van der Waals surface area contributed by atoms with Crippen LogP contribution in [0.5, 0.6) is 0 Å². The van der Waals surface area contributed by atoms with Gasteiger partial charge >= 0.3 is 5.97 Å². The van der Waals surface area contributed by atoms with Gasteiger partial charge in [0.2, 0.25) is 0 Å². The van der Waals surface area contributed by atoms with E-state index < -0.39 is 33.8 Å². The van der Waals surface area contributed by atoms with Crippen LogP contribution >= 0.6 is 0 Å². The zero-order valence-corrected chi connectivity index (χ0v) is 8.50. The van der Waals surface area contributed by atoms with Gasteiger partial charge in [-0.3, -0.25) is 4.79 Å². The zero-order chi connectivity index (χ0) is 11.5. The summed E-state index contributed by atoms with van der Waals surface area (Å²) in [5.74, 6) is -2.19. The molecule has 0 amide bonds. The fourth-order valence-electron chi connectivity index (χ4n) is 0.981. The maximum absolute atomic E-state index is 12.5. The average Bonchev–Trinajstić information content (AvgIpc) is 2.16. The van der Waals surface area contributed by atoms with Crippen molar-refractivity contribution in [2.75, 3.05) is 5.75 Å². The van der Waals surface area contributed by atoms with Crippen LogP contribution in [0.25, 0.3) is 0 Å². The van der Waals surface area contributed by atoms with Crippen LogP contribution in [0.3, 0.4) is 0 Å². The van der Waals surface area contributed by atoms with E-state index in [-0.39, 0.29) is 4.90 Å². The van der Waals surface area contributed by atoms with E-state index in [4.69, 9.17) is 5.11 Å². The maximum atomic E-state index is 12.5. The molecular formula is C9H9FO4S. The lowest BCUT2D eigenvalue weighted by Crippen LogP contribution is -2.10. The van der Waals surface area contributed by atoms with E-state index in [1.807, 2.05) is 0 Å². The van der Waals surface area contributed by atoms with Crippen LogP contribution in [0.2, 0.25) is 0 Å². The van der Waals surface area contributed by atoms with Gasteiger partial charge in [0, 0.05) is 0 Å². The van der Waals surface area contributed by atoms with Crippen LogP contribution in [-0.2, 0) is 14.6 Å². The molecule has 0 fully saturated rings. The van der Waals surface area contributed by atoms with Crippen molar-refractivity contribution in [1.29, 1.82) is 0 Å². The van der Waals surface area contributed by atoms with Crippen molar-refractivity contribution in [1.82, 2.24) is 0 Å². The maximum Gasteiger partial charge on any atom is 0.304 e. The Morgan fingerprint density at radius 3 is 2.27 bits per heavy atom. The molecule has 0 aliphatic rings. The summed E-state index contributed by atoms with van der Waals surface area (Å²) in [5, 5.41) is 8.34. The Morgan fingerprint density at radius 2 is 1.80 bits per heavy atom. The first-order chi connectivity index (χ1) is 6.92. The van der Waals surface area contributed by atoms with Crippen LogP contribution in [0.4, 0.5) is 4.39 Å². The number of hydrogen-bond acceptors (Lipinski definition) is 3. The molecule has 6 heteroatoms. The fourth-order valence-corrected chi connectivity index (χ4v) is 2.21. The van der Waals surface area contributed by atoms with Gasteiger partial charge in [-0.25, -0.2) is 12.8 Å². The quantitative estimate of drug-likeness (QED) is 0.788. The number of sulfone groups is 1. The van der Waals surface area contributed by atoms with Crippen molar-refractivity contribution in [3.8, 4) is 0 Å². The van der Waals surface area contributed by atoms with E-state index in [0.29, 0.717) is 0 Å².